The Morgan fingerprint density at radius 1 is 0.500 bits per heavy atom. The van der Waals surface area contributed by atoms with Crippen molar-refractivity contribution in [1.82, 2.24) is 0 Å². The number of carbonyl (C=O) groups excluding carboxylic acids is 2. The van der Waals surface area contributed by atoms with E-state index in [1.54, 1.807) is 0 Å². The summed E-state index contributed by atoms with van der Waals surface area (Å²) in [4.78, 5) is 24.5. The molecule has 0 bridgehead atoms. The Hall–Kier alpha value is -3.00. The van der Waals surface area contributed by atoms with Gasteiger partial charge in [0.1, 0.15) is 0 Å². The molecule has 0 N–H and O–H groups in total. The zero-order valence-corrected chi connectivity index (χ0v) is 13.2. The van der Waals surface area contributed by atoms with E-state index in [2.05, 4.69) is 24.3 Å². The van der Waals surface area contributed by atoms with Crippen LogP contribution in [0.15, 0.2) is 84.0 Å². The lowest BCUT2D eigenvalue weighted by molar-refractivity contribution is -0.115. The largest absolute Gasteiger partial charge is 0.290 e. The van der Waals surface area contributed by atoms with Crippen LogP contribution in [0.4, 0.5) is 0 Å². The Balaban J connectivity index is 1.88. The van der Waals surface area contributed by atoms with E-state index in [4.69, 9.17) is 0 Å². The van der Waals surface area contributed by atoms with Gasteiger partial charge in [-0.15, -0.1) is 0 Å². The fraction of sp³-hybridized carbons (Fsp3) is 0.0909. The maximum Gasteiger partial charge on any atom is 0.182 e. The van der Waals surface area contributed by atoms with E-state index in [1.807, 2.05) is 36.4 Å². The van der Waals surface area contributed by atoms with Crippen LogP contribution in [-0.2, 0) is 9.59 Å². The maximum absolute atomic E-state index is 12.3. The van der Waals surface area contributed by atoms with Gasteiger partial charge >= 0.3 is 0 Å². The molecule has 0 unspecified atom stereocenters. The second-order valence-corrected chi connectivity index (χ2v) is 6.06. The Kier molecular flexibility index (Phi) is 3.58. The third kappa shape index (κ3) is 2.46. The molecule has 24 heavy (non-hydrogen) atoms. The Labute approximate surface area is 140 Å². The van der Waals surface area contributed by atoms with Crippen LogP contribution in [0.25, 0.3) is 11.1 Å². The molecular weight excluding hydrogens is 296 g/mol. The first-order valence-corrected chi connectivity index (χ1v) is 8.05. The third-order valence-corrected chi connectivity index (χ3v) is 4.66. The first-order valence-electron chi connectivity index (χ1n) is 8.05. The summed E-state index contributed by atoms with van der Waals surface area (Å²) < 4.78 is 0. The maximum atomic E-state index is 12.3. The predicted molar refractivity (Wildman–Crippen MR) is 95.1 cm³/mol. The van der Waals surface area contributed by atoms with E-state index in [9.17, 15) is 9.59 Å². The molecule has 2 nitrogen and oxygen atoms in total. The summed E-state index contributed by atoms with van der Waals surface area (Å²) in [5, 5.41) is 0. The van der Waals surface area contributed by atoms with Crippen LogP contribution >= 0.6 is 0 Å². The average molecular weight is 312 g/mol. The number of allylic oxidation sites excluding steroid dienone is 6. The first-order chi connectivity index (χ1) is 11.7. The number of ketones is 2. The molecule has 4 rings (SSSR count). The van der Waals surface area contributed by atoms with E-state index in [0.717, 1.165) is 22.3 Å². The van der Waals surface area contributed by atoms with Gasteiger partial charge in [0, 0.05) is 24.0 Å². The molecule has 0 aliphatic heterocycles. The highest BCUT2D eigenvalue weighted by molar-refractivity contribution is 6.23. The van der Waals surface area contributed by atoms with E-state index in [0.29, 0.717) is 24.0 Å². The van der Waals surface area contributed by atoms with E-state index < -0.39 is 0 Å². The van der Waals surface area contributed by atoms with Crippen LogP contribution in [0, 0.1) is 0 Å². The predicted octanol–water partition coefficient (Wildman–Crippen LogP) is 4.40. The molecule has 0 saturated carbocycles. The summed E-state index contributed by atoms with van der Waals surface area (Å²) in [6.07, 6.45) is 3.82. The zero-order chi connectivity index (χ0) is 16.5. The molecule has 2 heteroatoms. The fourth-order valence-electron chi connectivity index (χ4n) is 3.44. The van der Waals surface area contributed by atoms with E-state index >= 15 is 0 Å². The van der Waals surface area contributed by atoms with Crippen molar-refractivity contribution >= 4 is 22.7 Å². The van der Waals surface area contributed by atoms with E-state index in [-0.39, 0.29) is 11.6 Å². The quantitative estimate of drug-likeness (QED) is 0.770. The smallest absolute Gasteiger partial charge is 0.182 e. The molecule has 0 saturated heterocycles. The molecule has 2 aliphatic carbocycles. The number of hydrogen-bond acceptors (Lipinski definition) is 2. The highest BCUT2D eigenvalue weighted by Crippen LogP contribution is 2.42. The van der Waals surface area contributed by atoms with Crippen LogP contribution in [0.5, 0.6) is 0 Å². The topological polar surface area (TPSA) is 34.1 Å². The molecule has 0 fully saturated rings. The highest BCUT2D eigenvalue weighted by atomic mass is 16.1. The summed E-state index contributed by atoms with van der Waals surface area (Å²) in [5.41, 5.74) is 5.80. The Bertz CT molecular complexity index is 837. The third-order valence-electron chi connectivity index (χ3n) is 4.66. The highest BCUT2D eigenvalue weighted by Gasteiger charge is 2.30. The minimum atomic E-state index is -0.0369. The van der Waals surface area contributed by atoms with Crippen molar-refractivity contribution < 1.29 is 9.59 Å². The summed E-state index contributed by atoms with van der Waals surface area (Å²) in [6, 6.07) is 20.2. The standard InChI is InChI=1S/C22H16O2/c23-21-11-12-22(24)20-14-18(16-9-5-2-6-10-16)17(13-19(20)21)15-7-3-1-4-8-15/h1-12H,13-14H2. The molecule has 0 aromatic heterocycles. The summed E-state index contributed by atoms with van der Waals surface area (Å²) >= 11 is 0. The fourth-order valence-corrected chi connectivity index (χ4v) is 3.44. The van der Waals surface area contributed by atoms with Crippen molar-refractivity contribution in [3.63, 3.8) is 0 Å². The van der Waals surface area contributed by atoms with Gasteiger partial charge in [-0.25, -0.2) is 0 Å². The van der Waals surface area contributed by atoms with Crippen molar-refractivity contribution in [2.45, 2.75) is 12.8 Å². The Morgan fingerprint density at radius 3 is 1.25 bits per heavy atom. The van der Waals surface area contributed by atoms with Gasteiger partial charge in [-0.3, -0.25) is 9.59 Å². The SMILES string of the molecule is O=C1C=CC(=O)C2=C1CC(c1ccccc1)=C(c1ccccc1)C2. The van der Waals surface area contributed by atoms with Gasteiger partial charge in [-0.05, 0) is 34.4 Å². The van der Waals surface area contributed by atoms with Crippen molar-refractivity contribution in [3.05, 3.63) is 95.1 Å². The minimum absolute atomic E-state index is 0.0369. The number of hydrogen-bond donors (Lipinski definition) is 0. The molecule has 2 aromatic carbocycles. The van der Waals surface area contributed by atoms with Gasteiger partial charge in [-0.2, -0.15) is 0 Å². The summed E-state index contributed by atoms with van der Waals surface area (Å²) in [6.45, 7) is 0. The Morgan fingerprint density at radius 2 is 0.875 bits per heavy atom. The van der Waals surface area contributed by atoms with Crippen molar-refractivity contribution in [1.29, 1.82) is 0 Å². The van der Waals surface area contributed by atoms with Crippen molar-refractivity contribution in [2.24, 2.45) is 0 Å². The van der Waals surface area contributed by atoms with Gasteiger partial charge < -0.3 is 0 Å². The number of carbonyl (C=O) groups is 2. The monoisotopic (exact) mass is 312 g/mol. The number of rotatable bonds is 2. The lowest BCUT2D eigenvalue weighted by Gasteiger charge is -2.26. The molecule has 0 radical (unpaired) electrons. The second kappa shape index (κ2) is 5.89. The summed E-state index contributed by atoms with van der Waals surface area (Å²) in [7, 11) is 0. The molecule has 0 amide bonds. The number of benzene rings is 2. The zero-order valence-electron chi connectivity index (χ0n) is 13.2. The summed E-state index contributed by atoms with van der Waals surface area (Å²) in [5.74, 6) is -0.0738. The lowest BCUT2D eigenvalue weighted by atomic mass is 9.76. The van der Waals surface area contributed by atoms with Gasteiger partial charge in [0.25, 0.3) is 0 Å². The van der Waals surface area contributed by atoms with Crippen LogP contribution in [0.2, 0.25) is 0 Å². The van der Waals surface area contributed by atoms with Crippen LogP contribution < -0.4 is 0 Å². The van der Waals surface area contributed by atoms with Crippen LogP contribution in [-0.4, -0.2) is 11.6 Å². The van der Waals surface area contributed by atoms with Gasteiger partial charge in [0.2, 0.25) is 0 Å². The normalized spacial score (nSPS) is 17.3. The molecule has 2 aromatic rings. The van der Waals surface area contributed by atoms with Crippen LogP contribution in [0.3, 0.4) is 0 Å². The molecule has 0 heterocycles. The van der Waals surface area contributed by atoms with Crippen LogP contribution in [0.1, 0.15) is 24.0 Å². The molecule has 116 valence electrons. The second-order valence-electron chi connectivity index (χ2n) is 6.06. The van der Waals surface area contributed by atoms with Gasteiger partial charge in [0.05, 0.1) is 0 Å². The lowest BCUT2D eigenvalue weighted by Crippen LogP contribution is -2.19. The molecule has 0 atom stereocenters. The van der Waals surface area contributed by atoms with Crippen molar-refractivity contribution in [2.75, 3.05) is 0 Å². The van der Waals surface area contributed by atoms with Gasteiger partial charge in [-0.1, -0.05) is 60.7 Å². The van der Waals surface area contributed by atoms with Gasteiger partial charge in [0.15, 0.2) is 11.6 Å². The molecule has 0 spiro atoms. The molecule has 2 aliphatic rings. The first kappa shape index (κ1) is 14.6. The minimum Gasteiger partial charge on any atom is -0.290 e. The molecular formula is C22H16O2. The van der Waals surface area contributed by atoms with E-state index in [1.165, 1.54) is 12.2 Å². The average Bonchev–Trinajstić information content (AvgIpc) is 2.65. The van der Waals surface area contributed by atoms with Crippen molar-refractivity contribution in [3.8, 4) is 0 Å².